The summed E-state index contributed by atoms with van der Waals surface area (Å²) in [4.78, 5) is 21.6. The molecule has 2 atom stereocenters. The van der Waals surface area contributed by atoms with Crippen LogP contribution in [-0.4, -0.2) is 48.0 Å². The van der Waals surface area contributed by atoms with E-state index in [2.05, 4.69) is 5.32 Å². The summed E-state index contributed by atoms with van der Waals surface area (Å²) in [6.45, 7) is 1.19. The van der Waals surface area contributed by atoms with Crippen LogP contribution >= 0.6 is 0 Å². The first kappa shape index (κ1) is 11.9. The van der Waals surface area contributed by atoms with Crippen LogP contribution in [0.3, 0.4) is 0 Å². The van der Waals surface area contributed by atoms with Crippen LogP contribution in [0.2, 0.25) is 0 Å². The Kier molecular flexibility index (Phi) is 4.51. The smallest absolute Gasteiger partial charge is 0.332 e. The van der Waals surface area contributed by atoms with Crippen molar-refractivity contribution in [1.82, 2.24) is 5.32 Å². The van der Waals surface area contributed by atoms with Gasteiger partial charge in [-0.2, -0.15) is 0 Å². The lowest BCUT2D eigenvalue weighted by Gasteiger charge is -2.10. The van der Waals surface area contributed by atoms with Crippen molar-refractivity contribution in [3.8, 4) is 0 Å². The number of rotatable bonds is 5. The fourth-order valence-electron chi connectivity index (χ4n) is 1.34. The Hall–Kier alpha value is -1.14. The van der Waals surface area contributed by atoms with Gasteiger partial charge in [0.05, 0.1) is 12.5 Å². The number of carbonyl (C=O) groups is 2. The summed E-state index contributed by atoms with van der Waals surface area (Å²) in [5.41, 5.74) is 0. The molecule has 1 amide bonds. The molecule has 1 heterocycles. The number of hydrogen-bond acceptors (Lipinski definition) is 4. The highest BCUT2D eigenvalue weighted by atomic mass is 16.5. The molecule has 1 aliphatic heterocycles. The van der Waals surface area contributed by atoms with Crippen molar-refractivity contribution in [2.75, 3.05) is 19.8 Å². The Bertz CT molecular complexity index is 237. The normalized spacial score (nSPS) is 22.3. The third kappa shape index (κ3) is 3.85. The molecule has 1 rings (SSSR count). The summed E-state index contributed by atoms with van der Waals surface area (Å²) in [5, 5.41) is 19.9. The van der Waals surface area contributed by atoms with Crippen LogP contribution in [0.1, 0.15) is 12.8 Å². The molecule has 1 aliphatic rings. The second-order valence-electron chi connectivity index (χ2n) is 3.49. The predicted octanol–water partition coefficient (Wildman–Crippen LogP) is -1.03. The van der Waals surface area contributed by atoms with E-state index in [1.807, 2.05) is 0 Å². The van der Waals surface area contributed by atoms with E-state index in [0.29, 0.717) is 19.6 Å². The first-order valence-corrected chi connectivity index (χ1v) is 4.87. The maximum Gasteiger partial charge on any atom is 0.332 e. The zero-order valence-corrected chi connectivity index (χ0v) is 8.31. The Morgan fingerprint density at radius 2 is 2.27 bits per heavy atom. The van der Waals surface area contributed by atoms with Crippen molar-refractivity contribution in [1.29, 1.82) is 0 Å². The fourth-order valence-corrected chi connectivity index (χ4v) is 1.34. The van der Waals surface area contributed by atoms with Crippen LogP contribution in [0.15, 0.2) is 0 Å². The number of carboxylic acid groups (broad SMARTS) is 1. The quantitative estimate of drug-likeness (QED) is 0.547. The third-order valence-corrected chi connectivity index (χ3v) is 2.30. The van der Waals surface area contributed by atoms with Crippen LogP contribution in [0.25, 0.3) is 0 Å². The molecule has 0 radical (unpaired) electrons. The first-order valence-electron chi connectivity index (χ1n) is 4.87. The lowest BCUT2D eigenvalue weighted by Crippen LogP contribution is -2.34. The fraction of sp³-hybridized carbons (Fsp3) is 0.778. The number of carbonyl (C=O) groups excluding carboxylic acids is 1. The highest BCUT2D eigenvalue weighted by Gasteiger charge is 2.23. The highest BCUT2D eigenvalue weighted by molar-refractivity contribution is 5.79. The molecule has 1 saturated heterocycles. The summed E-state index contributed by atoms with van der Waals surface area (Å²) >= 11 is 0. The number of aliphatic carboxylic acids is 1. The molecule has 6 heteroatoms. The SMILES string of the molecule is O=C(O)C(O)CCNC(=O)C1CCOC1. The Morgan fingerprint density at radius 1 is 1.53 bits per heavy atom. The maximum absolute atomic E-state index is 11.4. The minimum atomic E-state index is -1.41. The monoisotopic (exact) mass is 217 g/mol. The number of hydrogen-bond donors (Lipinski definition) is 3. The number of nitrogens with one attached hydrogen (secondary N) is 1. The van der Waals surface area contributed by atoms with E-state index < -0.39 is 12.1 Å². The van der Waals surface area contributed by atoms with Crippen molar-refractivity contribution in [2.45, 2.75) is 18.9 Å². The zero-order chi connectivity index (χ0) is 11.3. The van der Waals surface area contributed by atoms with E-state index in [9.17, 15) is 9.59 Å². The molecule has 0 saturated carbocycles. The molecule has 0 bridgehead atoms. The van der Waals surface area contributed by atoms with Crippen LogP contribution in [0.5, 0.6) is 0 Å². The molecular formula is C9H15NO5. The van der Waals surface area contributed by atoms with Gasteiger partial charge in [0.2, 0.25) is 5.91 Å². The van der Waals surface area contributed by atoms with Crippen LogP contribution < -0.4 is 5.32 Å². The van der Waals surface area contributed by atoms with Gasteiger partial charge in [0, 0.05) is 19.6 Å². The molecule has 15 heavy (non-hydrogen) atoms. The van der Waals surface area contributed by atoms with E-state index in [1.54, 1.807) is 0 Å². The zero-order valence-electron chi connectivity index (χ0n) is 8.31. The molecule has 6 nitrogen and oxygen atoms in total. The van der Waals surface area contributed by atoms with E-state index in [4.69, 9.17) is 14.9 Å². The third-order valence-electron chi connectivity index (χ3n) is 2.30. The molecular weight excluding hydrogens is 202 g/mol. The summed E-state index contributed by atoms with van der Waals surface area (Å²) in [7, 11) is 0. The second kappa shape index (κ2) is 5.67. The number of ether oxygens (including phenoxy) is 1. The van der Waals surface area contributed by atoms with E-state index in [1.165, 1.54) is 0 Å². The molecule has 0 spiro atoms. The van der Waals surface area contributed by atoms with Gasteiger partial charge in [0.15, 0.2) is 6.10 Å². The largest absolute Gasteiger partial charge is 0.479 e. The molecule has 2 unspecified atom stereocenters. The summed E-state index contributed by atoms with van der Waals surface area (Å²) in [6.07, 6.45) is -0.688. The molecule has 0 aromatic heterocycles. The Labute approximate surface area is 87.2 Å². The van der Waals surface area contributed by atoms with Crippen molar-refractivity contribution < 1.29 is 24.5 Å². The van der Waals surface area contributed by atoms with Gasteiger partial charge in [-0.1, -0.05) is 0 Å². The topological polar surface area (TPSA) is 95.9 Å². The lowest BCUT2D eigenvalue weighted by molar-refractivity contribution is -0.147. The number of amides is 1. The van der Waals surface area contributed by atoms with Crippen molar-refractivity contribution in [3.05, 3.63) is 0 Å². The Morgan fingerprint density at radius 3 is 2.80 bits per heavy atom. The second-order valence-corrected chi connectivity index (χ2v) is 3.49. The molecule has 0 aliphatic carbocycles. The minimum absolute atomic E-state index is 0.0225. The van der Waals surface area contributed by atoms with Gasteiger partial charge in [-0.15, -0.1) is 0 Å². The Balaban J connectivity index is 2.14. The molecule has 1 fully saturated rings. The summed E-state index contributed by atoms with van der Waals surface area (Å²) in [5.74, 6) is -1.54. The van der Waals surface area contributed by atoms with Gasteiger partial charge < -0.3 is 20.3 Å². The molecule has 86 valence electrons. The molecule has 0 aromatic rings. The van der Waals surface area contributed by atoms with Gasteiger partial charge in [-0.3, -0.25) is 4.79 Å². The lowest BCUT2D eigenvalue weighted by atomic mass is 10.1. The van der Waals surface area contributed by atoms with Gasteiger partial charge in [0.1, 0.15) is 0 Å². The van der Waals surface area contributed by atoms with Crippen LogP contribution in [0, 0.1) is 5.92 Å². The minimum Gasteiger partial charge on any atom is -0.479 e. The number of carboxylic acids is 1. The average Bonchev–Trinajstić information content (AvgIpc) is 2.70. The standard InChI is InChI=1S/C9H15NO5/c11-7(9(13)14)1-3-10-8(12)6-2-4-15-5-6/h6-7,11H,1-5H2,(H,10,12)(H,13,14). The first-order chi connectivity index (χ1) is 7.11. The molecule has 3 N–H and O–H groups in total. The van der Waals surface area contributed by atoms with E-state index in [-0.39, 0.29) is 24.8 Å². The predicted molar refractivity (Wildman–Crippen MR) is 50.2 cm³/mol. The number of aliphatic hydroxyl groups is 1. The van der Waals surface area contributed by atoms with Gasteiger partial charge in [0.25, 0.3) is 0 Å². The van der Waals surface area contributed by atoms with Crippen LogP contribution in [0.4, 0.5) is 0 Å². The number of aliphatic hydroxyl groups excluding tert-OH is 1. The van der Waals surface area contributed by atoms with E-state index >= 15 is 0 Å². The van der Waals surface area contributed by atoms with E-state index in [0.717, 1.165) is 0 Å². The van der Waals surface area contributed by atoms with Crippen molar-refractivity contribution in [3.63, 3.8) is 0 Å². The van der Waals surface area contributed by atoms with Gasteiger partial charge in [-0.25, -0.2) is 4.79 Å². The van der Waals surface area contributed by atoms with Crippen molar-refractivity contribution in [2.24, 2.45) is 5.92 Å². The summed E-state index contributed by atoms with van der Waals surface area (Å²) < 4.78 is 5.04. The van der Waals surface area contributed by atoms with Crippen molar-refractivity contribution >= 4 is 11.9 Å². The van der Waals surface area contributed by atoms with Gasteiger partial charge in [-0.05, 0) is 6.42 Å². The average molecular weight is 217 g/mol. The highest BCUT2D eigenvalue weighted by Crippen LogP contribution is 2.11. The van der Waals surface area contributed by atoms with Gasteiger partial charge >= 0.3 is 5.97 Å². The molecule has 0 aromatic carbocycles. The van der Waals surface area contributed by atoms with Crippen LogP contribution in [-0.2, 0) is 14.3 Å². The summed E-state index contributed by atoms with van der Waals surface area (Å²) in [6, 6.07) is 0. The maximum atomic E-state index is 11.4.